The summed E-state index contributed by atoms with van der Waals surface area (Å²) < 4.78 is 5.70. The molecule has 2 aliphatic carbocycles. The van der Waals surface area contributed by atoms with E-state index in [1.807, 2.05) is 12.1 Å². The van der Waals surface area contributed by atoms with Crippen LogP contribution in [0.15, 0.2) is 48.5 Å². The normalized spacial score (nSPS) is 17.4. The van der Waals surface area contributed by atoms with Crippen molar-refractivity contribution in [1.29, 1.82) is 0 Å². The summed E-state index contributed by atoms with van der Waals surface area (Å²) in [5.41, 5.74) is 4.62. The highest BCUT2D eigenvalue weighted by atomic mass is 16.5. The number of nitrogens with one attached hydrogen (secondary N) is 1. The van der Waals surface area contributed by atoms with Crippen LogP contribution in [0.2, 0.25) is 0 Å². The van der Waals surface area contributed by atoms with Crippen LogP contribution in [0.1, 0.15) is 55.6 Å². The summed E-state index contributed by atoms with van der Waals surface area (Å²) in [5, 5.41) is 3.10. The molecule has 0 radical (unpaired) electrons. The number of amides is 1. The second kappa shape index (κ2) is 7.48. The topological polar surface area (TPSA) is 38.3 Å². The summed E-state index contributed by atoms with van der Waals surface area (Å²) in [5.74, 6) is 2.82. The molecule has 2 aromatic rings. The molecule has 138 valence electrons. The lowest BCUT2D eigenvalue weighted by Gasteiger charge is -2.36. The molecule has 2 aliphatic rings. The highest BCUT2D eigenvalue weighted by molar-refractivity contribution is 5.79. The van der Waals surface area contributed by atoms with Gasteiger partial charge in [-0.1, -0.05) is 67.8 Å². The van der Waals surface area contributed by atoms with Crippen LogP contribution in [0.25, 0.3) is 11.1 Å². The van der Waals surface area contributed by atoms with Crippen molar-refractivity contribution in [1.82, 2.24) is 5.32 Å². The molecule has 0 heterocycles. The highest BCUT2D eigenvalue weighted by Gasteiger charge is 2.34. The van der Waals surface area contributed by atoms with Crippen LogP contribution in [0, 0.1) is 12.3 Å². The van der Waals surface area contributed by atoms with Gasteiger partial charge in [-0.2, -0.15) is 0 Å². The van der Waals surface area contributed by atoms with Gasteiger partial charge in [0.15, 0.2) is 0 Å². The van der Waals surface area contributed by atoms with Crippen molar-refractivity contribution in [3.63, 3.8) is 0 Å². The van der Waals surface area contributed by atoms with E-state index in [9.17, 15) is 4.79 Å². The standard InChI is InChI=1S/C24H25NO2/c1-2-14-24(15-8-3-9-16-24)25-23(26)27-17-22-20-12-6-4-10-18(20)19-11-5-7-13-21(19)22/h1,4-7,10-13,22H,3,8-9,14-17H2,(H,25,26). The van der Waals surface area contributed by atoms with Crippen LogP contribution in [0.4, 0.5) is 4.79 Å². The van der Waals surface area contributed by atoms with Gasteiger partial charge in [-0.15, -0.1) is 12.3 Å². The minimum absolute atomic E-state index is 0.0816. The number of rotatable bonds is 4. The maximum atomic E-state index is 12.6. The van der Waals surface area contributed by atoms with E-state index in [1.165, 1.54) is 28.7 Å². The van der Waals surface area contributed by atoms with E-state index in [-0.39, 0.29) is 17.6 Å². The molecule has 0 aliphatic heterocycles. The van der Waals surface area contributed by atoms with Gasteiger partial charge in [-0.05, 0) is 35.1 Å². The Labute approximate surface area is 161 Å². The molecular weight excluding hydrogens is 334 g/mol. The molecule has 1 N–H and O–H groups in total. The van der Waals surface area contributed by atoms with E-state index in [0.29, 0.717) is 13.0 Å². The van der Waals surface area contributed by atoms with E-state index < -0.39 is 0 Å². The van der Waals surface area contributed by atoms with Gasteiger partial charge in [0, 0.05) is 12.3 Å². The first kappa shape index (κ1) is 17.7. The predicted molar refractivity (Wildman–Crippen MR) is 107 cm³/mol. The maximum absolute atomic E-state index is 12.6. The predicted octanol–water partition coefficient (Wildman–Crippen LogP) is 5.25. The molecule has 1 amide bonds. The zero-order chi connectivity index (χ0) is 18.7. The van der Waals surface area contributed by atoms with E-state index in [0.717, 1.165) is 25.7 Å². The second-order valence-corrected chi connectivity index (χ2v) is 7.67. The van der Waals surface area contributed by atoms with Gasteiger partial charge in [0.1, 0.15) is 6.61 Å². The first-order valence-electron chi connectivity index (χ1n) is 9.79. The molecule has 0 saturated heterocycles. The molecule has 3 nitrogen and oxygen atoms in total. The number of alkyl carbamates (subject to hydrolysis) is 1. The van der Waals surface area contributed by atoms with Gasteiger partial charge in [0.25, 0.3) is 0 Å². The third-order valence-corrected chi connectivity index (χ3v) is 5.96. The molecular formula is C24H25NO2. The second-order valence-electron chi connectivity index (χ2n) is 7.67. The molecule has 4 rings (SSSR count). The molecule has 0 unspecified atom stereocenters. The van der Waals surface area contributed by atoms with Crippen LogP contribution in [-0.4, -0.2) is 18.2 Å². The Balaban J connectivity index is 1.47. The first-order chi connectivity index (χ1) is 13.2. The zero-order valence-corrected chi connectivity index (χ0v) is 15.5. The molecule has 0 aromatic heterocycles. The Morgan fingerprint density at radius 3 is 2.22 bits per heavy atom. The molecule has 1 fully saturated rings. The van der Waals surface area contributed by atoms with Crippen molar-refractivity contribution >= 4 is 6.09 Å². The highest BCUT2D eigenvalue weighted by Crippen LogP contribution is 2.44. The minimum Gasteiger partial charge on any atom is -0.449 e. The minimum atomic E-state index is -0.353. The summed E-state index contributed by atoms with van der Waals surface area (Å²) in [6, 6.07) is 16.7. The van der Waals surface area contributed by atoms with E-state index >= 15 is 0 Å². The number of carbonyl (C=O) groups excluding carboxylic acids is 1. The Morgan fingerprint density at radius 1 is 1.04 bits per heavy atom. The fraction of sp³-hybridized carbons (Fsp3) is 0.375. The maximum Gasteiger partial charge on any atom is 0.407 e. The lowest BCUT2D eigenvalue weighted by molar-refractivity contribution is 0.121. The molecule has 2 aromatic carbocycles. The van der Waals surface area contributed by atoms with Crippen molar-refractivity contribution in [3.05, 3.63) is 59.7 Å². The summed E-state index contributed by atoms with van der Waals surface area (Å²) in [4.78, 5) is 12.6. The quantitative estimate of drug-likeness (QED) is 0.757. The largest absolute Gasteiger partial charge is 0.449 e. The lowest BCUT2D eigenvalue weighted by atomic mass is 9.79. The van der Waals surface area contributed by atoms with E-state index in [2.05, 4.69) is 47.6 Å². The van der Waals surface area contributed by atoms with Gasteiger partial charge in [-0.25, -0.2) is 4.79 Å². The van der Waals surface area contributed by atoms with Crippen LogP contribution in [0.5, 0.6) is 0 Å². The van der Waals surface area contributed by atoms with Gasteiger partial charge >= 0.3 is 6.09 Å². The number of ether oxygens (including phenoxy) is 1. The summed E-state index contributed by atoms with van der Waals surface area (Å²) in [6.45, 7) is 0.339. The molecule has 0 atom stereocenters. The Bertz CT molecular complexity index is 828. The van der Waals surface area contributed by atoms with Gasteiger partial charge in [-0.3, -0.25) is 0 Å². The Hall–Kier alpha value is -2.73. The van der Waals surface area contributed by atoms with Crippen molar-refractivity contribution in [3.8, 4) is 23.5 Å². The van der Waals surface area contributed by atoms with E-state index in [4.69, 9.17) is 11.2 Å². The Morgan fingerprint density at radius 2 is 1.63 bits per heavy atom. The number of hydrogen-bond donors (Lipinski definition) is 1. The van der Waals surface area contributed by atoms with Crippen LogP contribution in [0.3, 0.4) is 0 Å². The number of hydrogen-bond acceptors (Lipinski definition) is 2. The number of terminal acetylenes is 1. The van der Waals surface area contributed by atoms with Gasteiger partial charge < -0.3 is 10.1 Å². The average Bonchev–Trinajstić information content (AvgIpc) is 3.01. The average molecular weight is 359 g/mol. The number of fused-ring (bicyclic) bond motifs is 3. The summed E-state index contributed by atoms with van der Waals surface area (Å²) in [6.07, 6.45) is 11.0. The van der Waals surface area contributed by atoms with Crippen molar-refractivity contribution < 1.29 is 9.53 Å². The van der Waals surface area contributed by atoms with Crippen molar-refractivity contribution in [2.24, 2.45) is 0 Å². The van der Waals surface area contributed by atoms with Gasteiger partial charge in [0.05, 0.1) is 5.54 Å². The third-order valence-electron chi connectivity index (χ3n) is 5.96. The van der Waals surface area contributed by atoms with Gasteiger partial charge in [0.2, 0.25) is 0 Å². The van der Waals surface area contributed by atoms with Crippen LogP contribution >= 0.6 is 0 Å². The fourth-order valence-corrected chi connectivity index (χ4v) is 4.62. The van der Waals surface area contributed by atoms with Crippen LogP contribution in [-0.2, 0) is 4.74 Å². The number of carbonyl (C=O) groups is 1. The molecule has 27 heavy (non-hydrogen) atoms. The smallest absolute Gasteiger partial charge is 0.407 e. The third kappa shape index (κ3) is 3.45. The van der Waals surface area contributed by atoms with Crippen LogP contribution < -0.4 is 5.32 Å². The number of benzene rings is 2. The first-order valence-corrected chi connectivity index (χ1v) is 9.79. The Kier molecular flexibility index (Phi) is 4.90. The van der Waals surface area contributed by atoms with E-state index in [1.54, 1.807) is 0 Å². The molecule has 1 saturated carbocycles. The fourth-order valence-electron chi connectivity index (χ4n) is 4.62. The lowest BCUT2D eigenvalue weighted by Crippen LogP contribution is -2.49. The SMILES string of the molecule is C#CCC1(NC(=O)OCC2c3ccccc3-c3ccccc32)CCCCC1. The monoisotopic (exact) mass is 359 g/mol. The molecule has 0 spiro atoms. The summed E-state index contributed by atoms with van der Waals surface area (Å²) in [7, 11) is 0. The molecule has 3 heteroatoms. The van der Waals surface area contributed by atoms with Crippen molar-refractivity contribution in [2.45, 2.75) is 50.0 Å². The zero-order valence-electron chi connectivity index (χ0n) is 15.5. The molecule has 0 bridgehead atoms. The van der Waals surface area contributed by atoms with Crippen molar-refractivity contribution in [2.75, 3.05) is 6.61 Å². The summed E-state index contributed by atoms with van der Waals surface area (Å²) >= 11 is 0.